The van der Waals surface area contributed by atoms with Crippen molar-refractivity contribution in [3.8, 4) is 0 Å². The molecule has 0 amide bonds. The molecule has 0 fully saturated rings. The molecule has 0 aromatic heterocycles. The van der Waals surface area contributed by atoms with Crippen molar-refractivity contribution in [2.45, 2.75) is 46.6 Å². The van der Waals surface area contributed by atoms with Gasteiger partial charge < -0.3 is 14.2 Å². The zero-order valence-corrected chi connectivity index (χ0v) is 21.4. The third-order valence-corrected chi connectivity index (χ3v) is 4.70. The lowest BCUT2D eigenvalue weighted by Gasteiger charge is -2.15. The molecule has 1 unspecified atom stereocenters. The van der Waals surface area contributed by atoms with Crippen molar-refractivity contribution in [1.29, 1.82) is 0 Å². The van der Waals surface area contributed by atoms with Gasteiger partial charge in [-0.15, -0.1) is 0 Å². The smallest absolute Gasteiger partial charge is 0.335 e. The number of allylic oxidation sites excluding steroid dienone is 6. The Kier molecular flexibility index (Phi) is 15.0. The summed E-state index contributed by atoms with van der Waals surface area (Å²) in [6.45, 7) is 8.89. The normalized spacial score (nSPS) is 14.2. The molecule has 180 valence electrons. The van der Waals surface area contributed by atoms with Gasteiger partial charge in [0.2, 0.25) is 0 Å². The van der Waals surface area contributed by atoms with E-state index in [4.69, 9.17) is 37.4 Å². The van der Waals surface area contributed by atoms with Crippen LogP contribution in [0.5, 0.6) is 0 Å². The molecule has 0 saturated heterocycles. The topological polar surface area (TPSA) is 44.8 Å². The Bertz CT molecular complexity index is 862. The fourth-order valence-corrected chi connectivity index (χ4v) is 3.43. The number of rotatable bonds is 11. The minimum absolute atomic E-state index is 0.328. The van der Waals surface area contributed by atoms with Crippen molar-refractivity contribution in [2.75, 3.05) is 19.8 Å². The second-order valence-corrected chi connectivity index (χ2v) is 7.53. The van der Waals surface area contributed by atoms with E-state index in [-0.39, 0.29) is 5.97 Å². The fraction of sp³-hybridized carbons (Fsp3) is 0.370. The minimum Gasteiger partial charge on any atom is -0.490 e. The van der Waals surface area contributed by atoms with Crippen molar-refractivity contribution < 1.29 is 19.0 Å². The van der Waals surface area contributed by atoms with Gasteiger partial charge in [0.1, 0.15) is 12.4 Å². The predicted octanol–water partition coefficient (Wildman–Crippen LogP) is 7.73. The monoisotopic (exact) mass is 492 g/mol. The summed E-state index contributed by atoms with van der Waals surface area (Å²) in [5, 5.41) is 1.21. The predicted molar refractivity (Wildman–Crippen MR) is 139 cm³/mol. The summed E-state index contributed by atoms with van der Waals surface area (Å²) in [6.07, 6.45) is 16.2. The Hall–Kier alpha value is -2.27. The maximum Gasteiger partial charge on any atom is 0.335 e. The lowest BCUT2D eigenvalue weighted by molar-refractivity contribution is -0.156. The number of carbonyl (C=O) groups excluding carboxylic acids is 1. The molecule has 33 heavy (non-hydrogen) atoms. The zero-order valence-electron chi connectivity index (χ0n) is 19.9. The van der Waals surface area contributed by atoms with Crippen molar-refractivity contribution in [2.24, 2.45) is 0 Å². The van der Waals surface area contributed by atoms with E-state index in [0.29, 0.717) is 36.3 Å². The Morgan fingerprint density at radius 1 is 1.03 bits per heavy atom. The molecule has 0 spiro atoms. The lowest BCUT2D eigenvalue weighted by Crippen LogP contribution is -2.27. The van der Waals surface area contributed by atoms with Crippen LogP contribution in [0.2, 0.25) is 10.0 Å². The standard InChI is InChI=1S/C25H28Cl2O4.C2H6/c1-3-29-24(25(28)30-4-2)17-19-10-8-11-23(13-12-19)31-14-7-5-6-9-20-15-21(26)18-22(27)16-20;1-2/h5-7,9-13,15-16,18,24H,3-4,8,14,17H2,1-2H3;1-2H3/b7-5-,9-6?;. The summed E-state index contributed by atoms with van der Waals surface area (Å²) < 4.78 is 16.4. The van der Waals surface area contributed by atoms with E-state index in [9.17, 15) is 4.79 Å². The Labute approximate surface area is 208 Å². The molecule has 0 radical (unpaired) electrons. The largest absolute Gasteiger partial charge is 0.490 e. The third kappa shape index (κ3) is 12.0. The van der Waals surface area contributed by atoms with Crippen LogP contribution in [0.25, 0.3) is 6.08 Å². The highest BCUT2D eigenvalue weighted by Crippen LogP contribution is 2.20. The van der Waals surface area contributed by atoms with Crippen LogP contribution in [0.4, 0.5) is 0 Å². The molecule has 1 aromatic carbocycles. The van der Waals surface area contributed by atoms with E-state index in [1.54, 1.807) is 13.0 Å². The highest BCUT2D eigenvalue weighted by Gasteiger charge is 2.21. The van der Waals surface area contributed by atoms with Crippen LogP contribution in [0.1, 0.15) is 46.1 Å². The van der Waals surface area contributed by atoms with Gasteiger partial charge in [0.25, 0.3) is 0 Å². The van der Waals surface area contributed by atoms with Gasteiger partial charge in [-0.25, -0.2) is 4.79 Å². The van der Waals surface area contributed by atoms with Crippen LogP contribution >= 0.6 is 23.2 Å². The molecular weight excluding hydrogens is 459 g/mol. The molecule has 1 aliphatic carbocycles. The van der Waals surface area contributed by atoms with Crippen LogP contribution in [0.3, 0.4) is 0 Å². The number of benzene rings is 1. The molecule has 0 saturated carbocycles. The molecular formula is C27H34Cl2O4. The van der Waals surface area contributed by atoms with Crippen molar-refractivity contribution >= 4 is 35.2 Å². The molecule has 0 N–H and O–H groups in total. The SMILES string of the molecule is CC.CCOC(=O)C(CC1=CCC=C(OC/C=C\C=Cc2cc(Cl)cc(Cl)c2)C=C1)OCC. The summed E-state index contributed by atoms with van der Waals surface area (Å²) in [4.78, 5) is 12.0. The Balaban J connectivity index is 0.00000265. The fourth-order valence-electron chi connectivity index (χ4n) is 2.89. The maximum atomic E-state index is 12.0. The van der Waals surface area contributed by atoms with Crippen LogP contribution in [-0.4, -0.2) is 31.9 Å². The highest BCUT2D eigenvalue weighted by molar-refractivity contribution is 6.34. The molecule has 2 rings (SSSR count). The lowest BCUT2D eigenvalue weighted by atomic mass is 10.1. The van der Waals surface area contributed by atoms with E-state index >= 15 is 0 Å². The van der Waals surface area contributed by atoms with Gasteiger partial charge in [-0.3, -0.25) is 0 Å². The molecule has 4 nitrogen and oxygen atoms in total. The third-order valence-electron chi connectivity index (χ3n) is 4.27. The quantitative estimate of drug-likeness (QED) is 0.234. The average molecular weight is 493 g/mol. The number of esters is 1. The number of halogens is 2. The first-order valence-electron chi connectivity index (χ1n) is 11.3. The molecule has 1 atom stereocenters. The number of hydrogen-bond acceptors (Lipinski definition) is 4. The first-order valence-corrected chi connectivity index (χ1v) is 12.0. The number of ether oxygens (including phenoxy) is 3. The van der Waals surface area contributed by atoms with Crippen molar-refractivity contribution in [3.05, 3.63) is 87.7 Å². The van der Waals surface area contributed by atoms with Crippen LogP contribution in [-0.2, 0) is 19.0 Å². The van der Waals surface area contributed by atoms with E-state index in [2.05, 4.69) is 6.08 Å². The van der Waals surface area contributed by atoms with E-state index in [0.717, 1.165) is 23.3 Å². The minimum atomic E-state index is -0.590. The molecule has 0 aliphatic heterocycles. The molecule has 0 bridgehead atoms. The number of carbonyl (C=O) groups is 1. The molecule has 6 heteroatoms. The average Bonchev–Trinajstić information content (AvgIpc) is 3.02. The van der Waals surface area contributed by atoms with Gasteiger partial charge in [-0.05, 0) is 67.8 Å². The zero-order chi connectivity index (χ0) is 24.5. The van der Waals surface area contributed by atoms with Crippen LogP contribution in [0.15, 0.2) is 72.1 Å². The second kappa shape index (κ2) is 17.2. The summed E-state index contributed by atoms with van der Waals surface area (Å²) in [5.41, 5.74) is 1.95. The van der Waals surface area contributed by atoms with Crippen molar-refractivity contribution in [1.82, 2.24) is 0 Å². The molecule has 1 aromatic rings. The first kappa shape index (κ1) is 28.8. The summed E-state index contributed by atoms with van der Waals surface area (Å²) in [6, 6.07) is 5.39. The second-order valence-electron chi connectivity index (χ2n) is 6.66. The van der Waals surface area contributed by atoms with Gasteiger partial charge >= 0.3 is 5.97 Å². The van der Waals surface area contributed by atoms with Gasteiger partial charge in [0.15, 0.2) is 6.10 Å². The van der Waals surface area contributed by atoms with Gasteiger partial charge in [-0.1, -0.05) is 67.4 Å². The van der Waals surface area contributed by atoms with Gasteiger partial charge in [0.05, 0.1) is 6.61 Å². The Morgan fingerprint density at radius 3 is 2.42 bits per heavy atom. The Morgan fingerprint density at radius 2 is 1.76 bits per heavy atom. The summed E-state index contributed by atoms with van der Waals surface area (Å²) in [7, 11) is 0. The summed E-state index contributed by atoms with van der Waals surface area (Å²) in [5.74, 6) is 0.455. The molecule has 1 aliphatic rings. The maximum absolute atomic E-state index is 12.0. The van der Waals surface area contributed by atoms with E-state index < -0.39 is 6.10 Å². The first-order chi connectivity index (χ1) is 16.0. The van der Waals surface area contributed by atoms with Gasteiger partial charge in [0, 0.05) is 23.1 Å². The van der Waals surface area contributed by atoms with Crippen LogP contribution < -0.4 is 0 Å². The number of hydrogen-bond donors (Lipinski definition) is 0. The van der Waals surface area contributed by atoms with Crippen molar-refractivity contribution in [3.63, 3.8) is 0 Å². The van der Waals surface area contributed by atoms with Crippen LogP contribution in [0, 0.1) is 0 Å². The highest BCUT2D eigenvalue weighted by atomic mass is 35.5. The van der Waals surface area contributed by atoms with Gasteiger partial charge in [-0.2, -0.15) is 0 Å². The van der Waals surface area contributed by atoms with E-state index in [1.807, 2.05) is 75.4 Å². The summed E-state index contributed by atoms with van der Waals surface area (Å²) >= 11 is 12.0. The van der Waals surface area contributed by atoms with E-state index in [1.165, 1.54) is 0 Å². The molecule has 0 heterocycles.